The van der Waals surface area contributed by atoms with E-state index in [0.29, 0.717) is 5.92 Å². The highest BCUT2D eigenvalue weighted by molar-refractivity contribution is 9.10. The number of aryl methyl sites for hydroxylation is 1. The van der Waals surface area contributed by atoms with Crippen molar-refractivity contribution in [2.45, 2.75) is 37.7 Å². The lowest BCUT2D eigenvalue weighted by Crippen LogP contribution is -2.23. The van der Waals surface area contributed by atoms with Crippen LogP contribution in [0.1, 0.15) is 34.1 Å². The largest absolute Gasteiger partial charge is 0.392 e. The van der Waals surface area contributed by atoms with Gasteiger partial charge < -0.3 is 5.11 Å². The quantitative estimate of drug-likeness (QED) is 0.864. The SMILES string of the molecule is OC(Cc1cc(Br)cs1)C1CCCc2sccc21. The average molecular weight is 343 g/mol. The van der Waals surface area contributed by atoms with E-state index in [1.165, 1.54) is 28.2 Å². The molecule has 0 fully saturated rings. The monoisotopic (exact) mass is 342 g/mol. The van der Waals surface area contributed by atoms with Gasteiger partial charge in [-0.3, -0.25) is 0 Å². The lowest BCUT2D eigenvalue weighted by atomic mass is 9.82. The first-order valence-electron chi connectivity index (χ1n) is 6.21. The lowest BCUT2D eigenvalue weighted by Gasteiger charge is -2.27. The summed E-state index contributed by atoms with van der Waals surface area (Å²) in [6.45, 7) is 0. The van der Waals surface area contributed by atoms with Crippen LogP contribution in [0.3, 0.4) is 0 Å². The molecule has 0 spiro atoms. The molecule has 2 atom stereocenters. The predicted molar refractivity (Wildman–Crippen MR) is 81.7 cm³/mol. The molecule has 0 radical (unpaired) electrons. The van der Waals surface area contributed by atoms with Gasteiger partial charge in [-0.25, -0.2) is 0 Å². The van der Waals surface area contributed by atoms with Gasteiger partial charge in [0.1, 0.15) is 0 Å². The second-order valence-corrected chi connectivity index (χ2v) is 7.71. The van der Waals surface area contributed by atoms with Crippen LogP contribution in [0, 0.1) is 0 Å². The Bertz CT molecular complexity index is 531. The minimum Gasteiger partial charge on any atom is -0.392 e. The molecule has 0 aromatic carbocycles. The molecule has 4 heteroatoms. The highest BCUT2D eigenvalue weighted by atomic mass is 79.9. The summed E-state index contributed by atoms with van der Waals surface area (Å²) in [6.07, 6.45) is 4.06. The fraction of sp³-hybridized carbons (Fsp3) is 0.429. The number of rotatable bonds is 3. The Kier molecular flexibility index (Phi) is 3.89. The van der Waals surface area contributed by atoms with E-state index in [0.717, 1.165) is 17.3 Å². The number of aliphatic hydroxyl groups excluding tert-OH is 1. The first-order chi connectivity index (χ1) is 8.74. The Morgan fingerprint density at radius 1 is 1.44 bits per heavy atom. The number of hydrogen-bond donors (Lipinski definition) is 1. The summed E-state index contributed by atoms with van der Waals surface area (Å²) in [5, 5.41) is 14.7. The molecule has 96 valence electrons. The van der Waals surface area contributed by atoms with E-state index in [4.69, 9.17) is 0 Å². The first-order valence-corrected chi connectivity index (χ1v) is 8.76. The van der Waals surface area contributed by atoms with Gasteiger partial charge in [0.2, 0.25) is 0 Å². The van der Waals surface area contributed by atoms with Crippen molar-refractivity contribution < 1.29 is 5.11 Å². The van der Waals surface area contributed by atoms with Crippen LogP contribution < -0.4 is 0 Å². The molecule has 1 aliphatic carbocycles. The molecule has 18 heavy (non-hydrogen) atoms. The van der Waals surface area contributed by atoms with E-state index in [2.05, 4.69) is 38.8 Å². The van der Waals surface area contributed by atoms with Crippen molar-refractivity contribution >= 4 is 38.6 Å². The fourth-order valence-corrected chi connectivity index (χ4v) is 5.23. The van der Waals surface area contributed by atoms with E-state index in [1.807, 2.05) is 11.3 Å². The van der Waals surface area contributed by atoms with Gasteiger partial charge >= 0.3 is 0 Å². The molecule has 0 aliphatic heterocycles. The molecule has 0 saturated carbocycles. The van der Waals surface area contributed by atoms with Crippen molar-refractivity contribution in [3.63, 3.8) is 0 Å². The zero-order valence-corrected chi connectivity index (χ0v) is 13.2. The zero-order chi connectivity index (χ0) is 12.5. The smallest absolute Gasteiger partial charge is 0.0657 e. The van der Waals surface area contributed by atoms with Crippen molar-refractivity contribution in [3.8, 4) is 0 Å². The third-order valence-electron chi connectivity index (χ3n) is 3.59. The minimum absolute atomic E-state index is 0.246. The number of aliphatic hydroxyl groups is 1. The van der Waals surface area contributed by atoms with E-state index < -0.39 is 0 Å². The highest BCUT2D eigenvalue weighted by Gasteiger charge is 2.27. The Labute approximate surface area is 124 Å². The van der Waals surface area contributed by atoms with E-state index >= 15 is 0 Å². The Morgan fingerprint density at radius 2 is 2.33 bits per heavy atom. The minimum atomic E-state index is -0.246. The molecule has 2 aromatic rings. The molecular weight excluding hydrogens is 328 g/mol. The summed E-state index contributed by atoms with van der Waals surface area (Å²) < 4.78 is 1.12. The summed E-state index contributed by atoms with van der Waals surface area (Å²) in [5.74, 6) is 0.334. The third kappa shape index (κ3) is 2.57. The normalized spacial score (nSPS) is 20.7. The fourth-order valence-electron chi connectivity index (χ4n) is 2.73. The van der Waals surface area contributed by atoms with Gasteiger partial charge in [-0.05, 0) is 58.3 Å². The maximum atomic E-state index is 10.5. The van der Waals surface area contributed by atoms with Crippen LogP contribution in [0.15, 0.2) is 27.4 Å². The molecule has 2 heterocycles. The van der Waals surface area contributed by atoms with Gasteiger partial charge in [-0.1, -0.05) is 0 Å². The van der Waals surface area contributed by atoms with Gasteiger partial charge in [-0.15, -0.1) is 22.7 Å². The van der Waals surface area contributed by atoms with Crippen molar-refractivity contribution in [3.05, 3.63) is 42.7 Å². The van der Waals surface area contributed by atoms with Crippen LogP contribution in [-0.2, 0) is 12.8 Å². The van der Waals surface area contributed by atoms with E-state index in [9.17, 15) is 5.11 Å². The van der Waals surface area contributed by atoms with Crippen LogP contribution in [-0.4, -0.2) is 11.2 Å². The summed E-state index contributed by atoms with van der Waals surface area (Å²) in [6, 6.07) is 4.32. The number of hydrogen-bond acceptors (Lipinski definition) is 3. The molecule has 2 aromatic heterocycles. The molecule has 0 saturated heterocycles. The van der Waals surface area contributed by atoms with Gasteiger partial charge in [0.15, 0.2) is 0 Å². The molecule has 1 aliphatic rings. The maximum absolute atomic E-state index is 10.5. The molecule has 1 nitrogen and oxygen atoms in total. The van der Waals surface area contributed by atoms with E-state index in [1.54, 1.807) is 11.3 Å². The second-order valence-electron chi connectivity index (χ2n) is 4.80. The summed E-state index contributed by atoms with van der Waals surface area (Å²) in [5.41, 5.74) is 1.40. The predicted octanol–water partition coefficient (Wildman–Crippen LogP) is 4.60. The third-order valence-corrected chi connectivity index (χ3v) is 6.31. The van der Waals surface area contributed by atoms with Crippen molar-refractivity contribution in [2.75, 3.05) is 0 Å². The first kappa shape index (κ1) is 12.9. The summed E-state index contributed by atoms with van der Waals surface area (Å²) in [7, 11) is 0. The van der Waals surface area contributed by atoms with Gasteiger partial charge in [0.05, 0.1) is 6.10 Å². The molecular formula is C14H15BrOS2. The van der Waals surface area contributed by atoms with Crippen LogP contribution in [0.4, 0.5) is 0 Å². The van der Waals surface area contributed by atoms with E-state index in [-0.39, 0.29) is 6.10 Å². The van der Waals surface area contributed by atoms with Gasteiger partial charge in [0.25, 0.3) is 0 Å². The molecule has 1 N–H and O–H groups in total. The molecule has 0 amide bonds. The zero-order valence-electron chi connectivity index (χ0n) is 9.93. The lowest BCUT2D eigenvalue weighted by molar-refractivity contribution is 0.136. The van der Waals surface area contributed by atoms with Crippen LogP contribution in [0.5, 0.6) is 0 Å². The highest BCUT2D eigenvalue weighted by Crippen LogP contribution is 2.38. The van der Waals surface area contributed by atoms with Crippen molar-refractivity contribution in [2.24, 2.45) is 0 Å². The molecule has 3 rings (SSSR count). The molecule has 0 bridgehead atoms. The maximum Gasteiger partial charge on any atom is 0.0657 e. The number of thiophene rings is 2. The van der Waals surface area contributed by atoms with Crippen LogP contribution >= 0.6 is 38.6 Å². The van der Waals surface area contributed by atoms with Crippen molar-refractivity contribution in [1.29, 1.82) is 0 Å². The van der Waals surface area contributed by atoms with Crippen molar-refractivity contribution in [1.82, 2.24) is 0 Å². The van der Waals surface area contributed by atoms with Crippen LogP contribution in [0.25, 0.3) is 0 Å². The summed E-state index contributed by atoms with van der Waals surface area (Å²) >= 11 is 7.03. The number of halogens is 1. The Hall–Kier alpha value is -0.160. The van der Waals surface area contributed by atoms with Gasteiger partial charge in [0, 0.05) is 31.9 Å². The number of fused-ring (bicyclic) bond motifs is 1. The van der Waals surface area contributed by atoms with Gasteiger partial charge in [-0.2, -0.15) is 0 Å². The summed E-state index contributed by atoms with van der Waals surface area (Å²) in [4.78, 5) is 2.74. The topological polar surface area (TPSA) is 20.2 Å². The second kappa shape index (κ2) is 5.45. The van der Waals surface area contributed by atoms with Crippen LogP contribution in [0.2, 0.25) is 0 Å². The standard InChI is InChI=1S/C14H15BrOS2/c15-9-6-10(18-8-9)7-13(16)11-2-1-3-14-12(11)4-5-17-14/h4-6,8,11,13,16H,1-3,7H2. The Morgan fingerprint density at radius 3 is 3.11 bits per heavy atom. The Balaban J connectivity index is 1.76. The molecule has 2 unspecified atom stereocenters. The average Bonchev–Trinajstić information content (AvgIpc) is 2.97.